The molecule has 1 aliphatic rings. The first-order chi connectivity index (χ1) is 23.0. The van der Waals surface area contributed by atoms with Crippen LogP contribution in [0.3, 0.4) is 0 Å². The highest BCUT2D eigenvalue weighted by Crippen LogP contribution is 2.44. The van der Waals surface area contributed by atoms with Crippen LogP contribution in [-0.4, -0.2) is 41.8 Å². The molecule has 3 aromatic carbocycles. The van der Waals surface area contributed by atoms with Crippen molar-refractivity contribution in [3.63, 3.8) is 0 Å². The van der Waals surface area contributed by atoms with Gasteiger partial charge in [0.2, 0.25) is 0 Å². The number of aromatic carboxylic acids is 1. The molecule has 0 saturated carbocycles. The number of hydrogen-bond acceptors (Lipinski definition) is 6. The molecule has 8 bridgehead atoms. The summed E-state index contributed by atoms with van der Waals surface area (Å²) >= 11 is 10.4. The molecule has 0 unspecified atom stereocenters. The first kappa shape index (κ1) is 32.6. The summed E-state index contributed by atoms with van der Waals surface area (Å²) in [7, 11) is 5.67. The van der Waals surface area contributed by atoms with E-state index >= 15 is 0 Å². The van der Waals surface area contributed by atoms with Crippen molar-refractivity contribution in [1.82, 2.24) is 24.1 Å². The molecular weight excluding hydrogens is 669 g/mol. The van der Waals surface area contributed by atoms with Crippen molar-refractivity contribution in [2.45, 2.75) is 48.3 Å². The topological polar surface area (TPSA) is 87.1 Å². The molecule has 0 fully saturated rings. The summed E-state index contributed by atoms with van der Waals surface area (Å²) in [6, 6.07) is 14.6. The van der Waals surface area contributed by atoms with Crippen LogP contribution >= 0.6 is 35.1 Å². The highest BCUT2D eigenvalue weighted by molar-refractivity contribution is 7.98. The lowest BCUT2D eigenvalue weighted by Crippen LogP contribution is -2.11. The molecule has 1 aliphatic heterocycles. The number of carboxylic acids is 1. The summed E-state index contributed by atoms with van der Waals surface area (Å²) in [5.41, 5.74) is 7.33. The molecule has 48 heavy (non-hydrogen) atoms. The minimum absolute atomic E-state index is 0.159. The Labute approximate surface area is 291 Å². The number of aromatic nitrogens is 5. The third-order valence-corrected chi connectivity index (χ3v) is 11.6. The number of hydrogen-bond donors (Lipinski definition) is 1. The number of ether oxygens (including phenoxy) is 1. The number of carbonyl (C=O) groups is 1. The minimum Gasteiger partial charge on any atom is -0.493 e. The van der Waals surface area contributed by atoms with Crippen LogP contribution in [0.2, 0.25) is 5.02 Å². The monoisotopic (exact) mass is 703 g/mol. The number of nitrogens with zero attached hydrogens (tertiary/aromatic N) is 5. The van der Waals surface area contributed by atoms with E-state index in [0.717, 1.165) is 66.0 Å². The van der Waals surface area contributed by atoms with E-state index in [-0.39, 0.29) is 17.4 Å². The Morgan fingerprint density at radius 2 is 1.79 bits per heavy atom. The summed E-state index contributed by atoms with van der Waals surface area (Å²) < 4.78 is 26.3. The molecule has 3 aromatic heterocycles. The van der Waals surface area contributed by atoms with Crippen molar-refractivity contribution in [1.29, 1.82) is 0 Å². The van der Waals surface area contributed by atoms with Gasteiger partial charge in [-0.25, -0.2) is 9.18 Å². The van der Waals surface area contributed by atoms with Crippen LogP contribution in [0, 0.1) is 12.7 Å². The summed E-state index contributed by atoms with van der Waals surface area (Å²) in [6.07, 6.45) is 0.559. The lowest BCUT2D eigenvalue weighted by molar-refractivity contribution is 0.0685. The fourth-order valence-electron chi connectivity index (χ4n) is 6.81. The quantitative estimate of drug-likeness (QED) is 0.183. The maximum absolute atomic E-state index is 14.3. The molecule has 12 heteroatoms. The molecule has 8 nitrogen and oxygen atoms in total. The number of thioether (sulfide) groups is 2. The molecule has 0 saturated heterocycles. The van der Waals surface area contributed by atoms with Crippen molar-refractivity contribution >= 4 is 62.8 Å². The van der Waals surface area contributed by atoms with Gasteiger partial charge >= 0.3 is 5.97 Å². The van der Waals surface area contributed by atoms with Gasteiger partial charge in [-0.15, -0.1) is 23.5 Å². The van der Waals surface area contributed by atoms with Crippen LogP contribution in [0.1, 0.15) is 58.1 Å². The number of halogens is 2. The number of aryl methyl sites for hydroxylation is 3. The van der Waals surface area contributed by atoms with Gasteiger partial charge in [0, 0.05) is 76.6 Å². The van der Waals surface area contributed by atoms with E-state index in [0.29, 0.717) is 41.1 Å². The first-order valence-corrected chi connectivity index (χ1v) is 18.2. The summed E-state index contributed by atoms with van der Waals surface area (Å²) in [5.74, 6) is 1.20. The molecule has 0 amide bonds. The molecule has 1 N–H and O–H groups in total. The lowest BCUT2D eigenvalue weighted by Gasteiger charge is -2.16. The van der Waals surface area contributed by atoms with E-state index in [2.05, 4.69) is 6.07 Å². The van der Waals surface area contributed by atoms with Crippen LogP contribution in [0.5, 0.6) is 5.75 Å². The molecule has 0 radical (unpaired) electrons. The molecule has 248 valence electrons. The Morgan fingerprint density at radius 1 is 1.00 bits per heavy atom. The van der Waals surface area contributed by atoms with Crippen LogP contribution < -0.4 is 4.74 Å². The molecule has 7 rings (SSSR count). The zero-order valence-corrected chi connectivity index (χ0v) is 29.7. The SMILES string of the molecule is Cc1c2c(nn1C)CSCc1cc(n(C)n1)CSc1cc(c3ccc(F)cc3c1)OCC[C@H](C)c1c(C(=O)O)n(C)c3c-2c(Cl)ccc13. The molecule has 0 aliphatic carbocycles. The van der Waals surface area contributed by atoms with E-state index in [1.54, 1.807) is 41.2 Å². The Bertz CT molecular complexity index is 2240. The van der Waals surface area contributed by atoms with E-state index in [9.17, 15) is 14.3 Å². The van der Waals surface area contributed by atoms with Gasteiger partial charge in [0.05, 0.1) is 28.5 Å². The normalized spacial score (nSPS) is 15.8. The van der Waals surface area contributed by atoms with Gasteiger partial charge < -0.3 is 14.4 Å². The van der Waals surface area contributed by atoms with Crippen molar-refractivity contribution in [3.8, 4) is 16.9 Å². The maximum Gasteiger partial charge on any atom is 0.352 e. The Morgan fingerprint density at radius 3 is 2.58 bits per heavy atom. The summed E-state index contributed by atoms with van der Waals surface area (Å²) in [6.45, 7) is 4.39. The third kappa shape index (κ3) is 5.75. The summed E-state index contributed by atoms with van der Waals surface area (Å²) in [4.78, 5) is 13.8. The van der Waals surface area contributed by atoms with Gasteiger partial charge in [0.1, 0.15) is 17.3 Å². The van der Waals surface area contributed by atoms with E-state index < -0.39 is 5.97 Å². The standard InChI is InChI=1S/C36H35ClFN5O3S2/c1-19-10-11-46-30-15-25(13-21-12-22(38)6-7-26(21)30)48-17-24-14-23(39-43(24)5)16-47-18-29-32(20(2)42(4)40-29)33-28(37)9-8-27-31(19)35(36(44)45)41(3)34(27)33/h6-9,12-15,19H,10-11,16-18H2,1-5H3,(H,44,45)/t19-/m0/s1. The van der Waals surface area contributed by atoms with Crippen molar-refractivity contribution in [2.75, 3.05) is 6.61 Å². The van der Waals surface area contributed by atoms with Gasteiger partial charge in [-0.05, 0) is 72.7 Å². The summed E-state index contributed by atoms with van der Waals surface area (Å²) in [5, 5.41) is 23.2. The number of benzene rings is 3. The second kappa shape index (κ2) is 12.8. The highest BCUT2D eigenvalue weighted by Gasteiger charge is 2.29. The predicted molar refractivity (Wildman–Crippen MR) is 192 cm³/mol. The van der Waals surface area contributed by atoms with Gasteiger partial charge in [-0.1, -0.05) is 24.6 Å². The maximum atomic E-state index is 14.3. The number of fused-ring (bicyclic) bond motifs is 8. The van der Waals surface area contributed by atoms with E-state index in [4.69, 9.17) is 26.5 Å². The smallest absolute Gasteiger partial charge is 0.352 e. The fraction of sp³-hybridized carbons (Fsp3) is 0.306. The van der Waals surface area contributed by atoms with Crippen LogP contribution in [-0.2, 0) is 38.4 Å². The Balaban J connectivity index is 1.38. The molecular formula is C36H35ClFN5O3S2. The number of rotatable bonds is 1. The average Bonchev–Trinajstić information content (AvgIpc) is 3.65. The average molecular weight is 704 g/mol. The highest BCUT2D eigenvalue weighted by atomic mass is 35.5. The number of carboxylic acid groups (broad SMARTS) is 1. The molecule has 0 spiro atoms. The third-order valence-electron chi connectivity index (χ3n) is 9.26. The molecule has 4 heterocycles. The van der Waals surface area contributed by atoms with Gasteiger partial charge in [-0.3, -0.25) is 9.36 Å². The molecule has 6 aromatic rings. The second-order valence-electron chi connectivity index (χ2n) is 12.3. The zero-order chi connectivity index (χ0) is 33.9. The van der Waals surface area contributed by atoms with Gasteiger partial charge in [0.15, 0.2) is 0 Å². The van der Waals surface area contributed by atoms with Crippen LogP contribution in [0.15, 0.2) is 53.4 Å². The minimum atomic E-state index is -1.00. The Kier molecular flexibility index (Phi) is 8.72. The van der Waals surface area contributed by atoms with Gasteiger partial charge in [0.25, 0.3) is 0 Å². The lowest BCUT2D eigenvalue weighted by atomic mass is 9.93. The predicted octanol–water partition coefficient (Wildman–Crippen LogP) is 8.88. The van der Waals surface area contributed by atoms with E-state index in [1.165, 1.54) is 12.1 Å². The van der Waals surface area contributed by atoms with Crippen LogP contribution in [0.25, 0.3) is 32.8 Å². The van der Waals surface area contributed by atoms with Crippen molar-refractivity contribution in [3.05, 3.63) is 93.4 Å². The van der Waals surface area contributed by atoms with E-state index in [1.807, 2.05) is 61.6 Å². The van der Waals surface area contributed by atoms with Crippen molar-refractivity contribution < 1.29 is 19.0 Å². The largest absolute Gasteiger partial charge is 0.493 e. The fourth-order valence-corrected chi connectivity index (χ4v) is 8.89. The van der Waals surface area contributed by atoms with Crippen molar-refractivity contribution in [2.24, 2.45) is 21.1 Å². The first-order valence-electron chi connectivity index (χ1n) is 15.7. The molecule has 1 atom stereocenters. The van der Waals surface area contributed by atoms with Gasteiger partial charge in [-0.2, -0.15) is 10.2 Å². The Hall–Kier alpha value is -3.93. The van der Waals surface area contributed by atoms with Crippen LogP contribution in [0.4, 0.5) is 4.39 Å². The zero-order valence-electron chi connectivity index (χ0n) is 27.3. The second-order valence-corrected chi connectivity index (χ2v) is 14.8.